The summed E-state index contributed by atoms with van der Waals surface area (Å²) in [6, 6.07) is 4.55. The summed E-state index contributed by atoms with van der Waals surface area (Å²) in [4.78, 5) is 10.3. The molecule has 0 aromatic heterocycles. The number of nitrogens with one attached hydrogen (secondary N) is 1. The molecule has 0 amide bonds. The maximum atomic E-state index is 10.8. The van der Waals surface area contributed by atoms with Gasteiger partial charge in [0.15, 0.2) is 0 Å². The lowest BCUT2D eigenvalue weighted by Gasteiger charge is -2.12. The maximum absolute atomic E-state index is 10.8. The first-order valence-electron chi connectivity index (χ1n) is 5.83. The quantitative estimate of drug-likeness (QED) is 0.574. The molecule has 2 N–H and O–H groups in total. The zero-order valence-electron chi connectivity index (χ0n) is 10.5. The summed E-state index contributed by atoms with van der Waals surface area (Å²) in [5.41, 5.74) is 0.605. The van der Waals surface area contributed by atoms with Gasteiger partial charge >= 0.3 is 0 Å². The molecular weight excluding hydrogens is 236 g/mol. The van der Waals surface area contributed by atoms with Gasteiger partial charge in [-0.05, 0) is 12.8 Å². The van der Waals surface area contributed by atoms with Crippen LogP contribution in [0.15, 0.2) is 18.2 Å². The van der Waals surface area contributed by atoms with Crippen molar-refractivity contribution in [1.29, 1.82) is 0 Å². The first kappa shape index (κ1) is 14.2. The highest BCUT2D eigenvalue weighted by atomic mass is 16.6. The number of hydrogen-bond acceptors (Lipinski definition) is 5. The van der Waals surface area contributed by atoms with Crippen molar-refractivity contribution in [2.45, 2.75) is 13.8 Å². The number of hydrogen-bond donors (Lipinski definition) is 2. The number of ether oxygens (including phenoxy) is 1. The second-order valence-electron chi connectivity index (χ2n) is 4.07. The maximum Gasteiger partial charge on any atom is 0.275 e. The molecule has 6 heteroatoms. The van der Waals surface area contributed by atoms with Crippen LogP contribution in [-0.2, 0) is 0 Å². The molecule has 0 bridgehead atoms. The minimum absolute atomic E-state index is 0.0138. The number of nitrogens with zero attached hydrogens (tertiary/aromatic N) is 1. The number of anilines is 1. The minimum atomic E-state index is -0.455. The average Bonchev–Trinajstić information content (AvgIpc) is 2.36. The predicted octanol–water partition coefficient (Wildman–Crippen LogP) is 2.03. The Kier molecular flexibility index (Phi) is 5.38. The lowest BCUT2D eigenvalue weighted by Crippen LogP contribution is -2.14. The standard InChI is InChI=1S/C12H18N2O4/c1-3-18-12-5-10(13-7-9(2)8-15)4-11(6-12)14(16)17/h4-6,9,13,15H,3,7-8H2,1-2H3. The van der Waals surface area contributed by atoms with E-state index in [9.17, 15) is 10.1 Å². The molecule has 1 atom stereocenters. The molecule has 0 fully saturated rings. The van der Waals surface area contributed by atoms with E-state index >= 15 is 0 Å². The van der Waals surface area contributed by atoms with Gasteiger partial charge in [-0.25, -0.2) is 0 Å². The van der Waals surface area contributed by atoms with E-state index in [-0.39, 0.29) is 18.2 Å². The van der Waals surface area contributed by atoms with Crippen molar-refractivity contribution in [3.05, 3.63) is 28.3 Å². The summed E-state index contributed by atoms with van der Waals surface area (Å²) in [6.07, 6.45) is 0. The third-order valence-corrected chi connectivity index (χ3v) is 2.38. The monoisotopic (exact) mass is 254 g/mol. The lowest BCUT2D eigenvalue weighted by molar-refractivity contribution is -0.384. The Balaban J connectivity index is 2.85. The van der Waals surface area contributed by atoms with Gasteiger partial charge in [0.1, 0.15) is 5.75 Å². The highest BCUT2D eigenvalue weighted by Crippen LogP contribution is 2.26. The van der Waals surface area contributed by atoms with Crippen LogP contribution < -0.4 is 10.1 Å². The summed E-state index contributed by atoms with van der Waals surface area (Å²) in [6.45, 7) is 4.77. The number of aliphatic hydroxyl groups excluding tert-OH is 1. The molecule has 1 aromatic rings. The fourth-order valence-corrected chi connectivity index (χ4v) is 1.40. The molecule has 0 radical (unpaired) electrons. The van der Waals surface area contributed by atoms with Crippen LogP contribution in [0, 0.1) is 16.0 Å². The van der Waals surface area contributed by atoms with Crippen LogP contribution in [-0.4, -0.2) is 29.8 Å². The fourth-order valence-electron chi connectivity index (χ4n) is 1.40. The third-order valence-electron chi connectivity index (χ3n) is 2.38. The first-order chi connectivity index (χ1) is 8.56. The van der Waals surface area contributed by atoms with Gasteiger partial charge in [-0.1, -0.05) is 6.92 Å². The second-order valence-corrected chi connectivity index (χ2v) is 4.07. The van der Waals surface area contributed by atoms with Crippen molar-refractivity contribution in [3.8, 4) is 5.75 Å². The highest BCUT2D eigenvalue weighted by Gasteiger charge is 2.11. The topological polar surface area (TPSA) is 84.6 Å². The Labute approximate surface area is 106 Å². The number of nitro groups is 1. The highest BCUT2D eigenvalue weighted by molar-refractivity contribution is 5.56. The molecular formula is C12H18N2O4. The Hall–Kier alpha value is -1.82. The van der Waals surface area contributed by atoms with E-state index in [1.54, 1.807) is 6.07 Å². The van der Waals surface area contributed by atoms with Crippen molar-refractivity contribution in [2.75, 3.05) is 25.1 Å². The Morgan fingerprint density at radius 1 is 1.50 bits per heavy atom. The fraction of sp³-hybridized carbons (Fsp3) is 0.500. The van der Waals surface area contributed by atoms with Crippen LogP contribution in [0.1, 0.15) is 13.8 Å². The summed E-state index contributed by atoms with van der Waals surface area (Å²) in [5.74, 6) is 0.547. The van der Waals surface area contributed by atoms with Gasteiger partial charge in [-0.2, -0.15) is 0 Å². The minimum Gasteiger partial charge on any atom is -0.494 e. The smallest absolute Gasteiger partial charge is 0.275 e. The van der Waals surface area contributed by atoms with E-state index in [0.29, 0.717) is 24.6 Å². The molecule has 1 unspecified atom stereocenters. The number of rotatable bonds is 7. The first-order valence-corrected chi connectivity index (χ1v) is 5.83. The SMILES string of the molecule is CCOc1cc(NCC(C)CO)cc([N+](=O)[O-])c1. The molecule has 0 saturated carbocycles. The second kappa shape index (κ2) is 6.80. The van der Waals surface area contributed by atoms with E-state index < -0.39 is 4.92 Å². The number of nitro benzene ring substituents is 1. The zero-order chi connectivity index (χ0) is 13.5. The molecule has 18 heavy (non-hydrogen) atoms. The summed E-state index contributed by atoms with van der Waals surface area (Å²) in [5, 5.41) is 22.8. The van der Waals surface area contributed by atoms with Crippen LogP contribution in [0.4, 0.5) is 11.4 Å². The molecule has 1 aromatic carbocycles. The molecule has 1 rings (SSSR count). The van der Waals surface area contributed by atoms with Gasteiger partial charge in [-0.3, -0.25) is 10.1 Å². The van der Waals surface area contributed by atoms with Crippen molar-refractivity contribution < 1.29 is 14.8 Å². The Bertz CT molecular complexity index is 409. The zero-order valence-corrected chi connectivity index (χ0v) is 10.5. The Morgan fingerprint density at radius 3 is 2.78 bits per heavy atom. The van der Waals surface area contributed by atoms with Crippen molar-refractivity contribution in [3.63, 3.8) is 0 Å². The largest absolute Gasteiger partial charge is 0.494 e. The molecule has 0 aliphatic carbocycles. The molecule has 0 aliphatic rings. The van der Waals surface area contributed by atoms with Crippen LogP contribution in [0.2, 0.25) is 0 Å². The van der Waals surface area contributed by atoms with Crippen molar-refractivity contribution >= 4 is 11.4 Å². The van der Waals surface area contributed by atoms with Gasteiger partial charge in [0.05, 0.1) is 17.6 Å². The van der Waals surface area contributed by atoms with E-state index in [2.05, 4.69) is 5.32 Å². The van der Waals surface area contributed by atoms with Gasteiger partial charge in [0.2, 0.25) is 0 Å². The summed E-state index contributed by atoms with van der Waals surface area (Å²) in [7, 11) is 0. The molecule has 100 valence electrons. The molecule has 0 saturated heterocycles. The molecule has 0 spiro atoms. The molecule has 0 aliphatic heterocycles. The van der Waals surface area contributed by atoms with Crippen molar-refractivity contribution in [1.82, 2.24) is 0 Å². The van der Waals surface area contributed by atoms with Gasteiger partial charge in [0, 0.05) is 31.0 Å². The van der Waals surface area contributed by atoms with E-state index in [0.717, 1.165) is 0 Å². The van der Waals surface area contributed by atoms with Gasteiger partial charge < -0.3 is 15.2 Å². The number of aliphatic hydroxyl groups is 1. The van der Waals surface area contributed by atoms with Crippen molar-refractivity contribution in [2.24, 2.45) is 5.92 Å². The van der Waals surface area contributed by atoms with Gasteiger partial charge in [-0.15, -0.1) is 0 Å². The Morgan fingerprint density at radius 2 is 2.22 bits per heavy atom. The molecule has 6 nitrogen and oxygen atoms in total. The lowest BCUT2D eigenvalue weighted by atomic mass is 10.2. The summed E-state index contributed by atoms with van der Waals surface area (Å²) < 4.78 is 5.28. The van der Waals surface area contributed by atoms with Crippen LogP contribution in [0.25, 0.3) is 0 Å². The normalized spacial score (nSPS) is 11.9. The van der Waals surface area contributed by atoms with E-state index in [4.69, 9.17) is 9.84 Å². The average molecular weight is 254 g/mol. The van der Waals surface area contributed by atoms with Crippen LogP contribution >= 0.6 is 0 Å². The number of benzene rings is 1. The van der Waals surface area contributed by atoms with Crippen LogP contribution in [0.5, 0.6) is 5.75 Å². The van der Waals surface area contributed by atoms with Gasteiger partial charge in [0.25, 0.3) is 5.69 Å². The third kappa shape index (κ3) is 4.21. The summed E-state index contributed by atoms with van der Waals surface area (Å²) >= 11 is 0. The number of non-ortho nitro benzene ring substituents is 1. The van der Waals surface area contributed by atoms with E-state index in [1.165, 1.54) is 12.1 Å². The molecule has 0 heterocycles. The predicted molar refractivity (Wildman–Crippen MR) is 69.0 cm³/mol. The van der Waals surface area contributed by atoms with E-state index in [1.807, 2.05) is 13.8 Å². The van der Waals surface area contributed by atoms with Crippen LogP contribution in [0.3, 0.4) is 0 Å².